The highest BCUT2D eigenvalue weighted by Crippen LogP contribution is 1.89. The van der Waals surface area contributed by atoms with Crippen molar-refractivity contribution >= 4 is 16.7 Å². The average Bonchev–Trinajstić information content (AvgIpc) is 2.15. The lowest BCUT2D eigenvalue weighted by Crippen LogP contribution is -2.35. The van der Waals surface area contributed by atoms with Crippen LogP contribution in [0.3, 0.4) is 0 Å². The molecule has 0 aliphatic rings. The van der Waals surface area contributed by atoms with E-state index >= 15 is 0 Å². The molecule has 0 aromatic rings. The number of rotatable bonds is 6. The highest BCUT2D eigenvalue weighted by molar-refractivity contribution is 7.84. The molecule has 4 nitrogen and oxygen atoms in total. The third kappa shape index (κ3) is 5.76. The molecule has 0 aromatic heterocycles. The zero-order valence-electron chi connectivity index (χ0n) is 8.21. The smallest absolute Gasteiger partial charge is 0.224 e. The van der Waals surface area contributed by atoms with Gasteiger partial charge in [-0.25, -0.2) is 0 Å². The van der Waals surface area contributed by atoms with Gasteiger partial charge in [0.2, 0.25) is 5.91 Å². The summed E-state index contributed by atoms with van der Waals surface area (Å²) in [5.74, 6) is 0.952. The Bertz CT molecular complexity index is 185. The Kier molecular flexibility index (Phi) is 6.80. The Morgan fingerprint density at radius 3 is 2.69 bits per heavy atom. The molecule has 78 valence electrons. The first-order valence-corrected chi connectivity index (χ1v) is 5.93. The van der Waals surface area contributed by atoms with Gasteiger partial charge in [0, 0.05) is 41.3 Å². The third-order valence-corrected chi connectivity index (χ3v) is 3.06. The van der Waals surface area contributed by atoms with Crippen molar-refractivity contribution in [2.24, 2.45) is 11.7 Å². The maximum Gasteiger partial charge on any atom is 0.224 e. The summed E-state index contributed by atoms with van der Waals surface area (Å²) < 4.78 is 11.0. The first-order chi connectivity index (χ1) is 6.11. The molecule has 0 spiro atoms. The van der Waals surface area contributed by atoms with Crippen molar-refractivity contribution in [3.05, 3.63) is 0 Å². The van der Waals surface area contributed by atoms with Crippen LogP contribution in [0.25, 0.3) is 0 Å². The van der Waals surface area contributed by atoms with Gasteiger partial charge in [-0.05, 0) is 0 Å². The van der Waals surface area contributed by atoms with E-state index in [1.807, 2.05) is 6.92 Å². The maximum atomic E-state index is 11.2. The van der Waals surface area contributed by atoms with Crippen LogP contribution in [0, 0.1) is 5.92 Å². The van der Waals surface area contributed by atoms with Crippen molar-refractivity contribution in [1.82, 2.24) is 5.32 Å². The summed E-state index contributed by atoms with van der Waals surface area (Å²) in [5.41, 5.74) is 5.31. The lowest BCUT2D eigenvalue weighted by Gasteiger charge is -2.08. The first kappa shape index (κ1) is 12.6. The van der Waals surface area contributed by atoms with E-state index in [0.29, 0.717) is 24.6 Å². The van der Waals surface area contributed by atoms with E-state index in [1.54, 1.807) is 6.92 Å². The molecule has 0 rings (SSSR count). The predicted octanol–water partition coefficient (Wildman–Crippen LogP) is -0.534. The molecule has 0 heterocycles. The van der Waals surface area contributed by atoms with E-state index in [1.165, 1.54) is 0 Å². The normalized spacial score (nSPS) is 15.0. The van der Waals surface area contributed by atoms with Crippen molar-refractivity contribution < 1.29 is 9.00 Å². The fraction of sp³-hybridized carbons (Fsp3) is 0.875. The van der Waals surface area contributed by atoms with Gasteiger partial charge in [0.15, 0.2) is 0 Å². The summed E-state index contributed by atoms with van der Waals surface area (Å²) in [6.45, 7) is 4.46. The largest absolute Gasteiger partial charge is 0.355 e. The molecule has 0 bridgehead atoms. The minimum absolute atomic E-state index is 0.0596. The van der Waals surface area contributed by atoms with Crippen LogP contribution in [-0.2, 0) is 15.6 Å². The SMILES string of the molecule is CCS(=O)CCNC(=O)C(C)CN. The summed E-state index contributed by atoms with van der Waals surface area (Å²) in [6.07, 6.45) is 0. The highest BCUT2D eigenvalue weighted by atomic mass is 32.2. The van der Waals surface area contributed by atoms with E-state index in [-0.39, 0.29) is 11.8 Å². The van der Waals surface area contributed by atoms with Gasteiger partial charge in [0.1, 0.15) is 0 Å². The van der Waals surface area contributed by atoms with E-state index < -0.39 is 10.8 Å². The summed E-state index contributed by atoms with van der Waals surface area (Å²) >= 11 is 0. The molecule has 0 aliphatic heterocycles. The molecule has 0 fully saturated rings. The van der Waals surface area contributed by atoms with Crippen LogP contribution >= 0.6 is 0 Å². The molecule has 1 amide bonds. The maximum absolute atomic E-state index is 11.2. The molecular weight excluding hydrogens is 188 g/mol. The Balaban J connectivity index is 3.53. The summed E-state index contributed by atoms with van der Waals surface area (Å²) in [7, 11) is -0.805. The quantitative estimate of drug-likeness (QED) is 0.613. The Morgan fingerprint density at radius 1 is 1.62 bits per heavy atom. The van der Waals surface area contributed by atoms with Crippen LogP contribution in [0.15, 0.2) is 0 Å². The average molecular weight is 206 g/mol. The summed E-state index contributed by atoms with van der Waals surface area (Å²) in [6, 6.07) is 0. The minimum atomic E-state index is -0.805. The summed E-state index contributed by atoms with van der Waals surface area (Å²) in [5, 5.41) is 2.69. The predicted molar refractivity (Wildman–Crippen MR) is 54.8 cm³/mol. The Morgan fingerprint density at radius 2 is 2.23 bits per heavy atom. The van der Waals surface area contributed by atoms with Gasteiger partial charge < -0.3 is 11.1 Å². The van der Waals surface area contributed by atoms with Crippen molar-refractivity contribution in [1.29, 1.82) is 0 Å². The monoisotopic (exact) mass is 206 g/mol. The topological polar surface area (TPSA) is 72.2 Å². The molecule has 0 aliphatic carbocycles. The molecule has 0 saturated heterocycles. The van der Waals surface area contributed by atoms with Gasteiger partial charge >= 0.3 is 0 Å². The van der Waals surface area contributed by atoms with Crippen LogP contribution in [0.2, 0.25) is 0 Å². The fourth-order valence-corrected chi connectivity index (χ4v) is 1.33. The van der Waals surface area contributed by atoms with Crippen LogP contribution in [0.1, 0.15) is 13.8 Å². The lowest BCUT2D eigenvalue weighted by molar-refractivity contribution is -0.124. The van der Waals surface area contributed by atoms with Gasteiger partial charge in [-0.3, -0.25) is 9.00 Å². The van der Waals surface area contributed by atoms with Crippen molar-refractivity contribution in [3.63, 3.8) is 0 Å². The third-order valence-electron chi connectivity index (χ3n) is 1.75. The lowest BCUT2D eigenvalue weighted by atomic mass is 10.2. The van der Waals surface area contributed by atoms with Gasteiger partial charge in [-0.15, -0.1) is 0 Å². The van der Waals surface area contributed by atoms with E-state index in [2.05, 4.69) is 5.32 Å². The molecule has 13 heavy (non-hydrogen) atoms. The minimum Gasteiger partial charge on any atom is -0.355 e. The number of amides is 1. The van der Waals surface area contributed by atoms with Crippen LogP contribution in [0.5, 0.6) is 0 Å². The molecule has 3 N–H and O–H groups in total. The first-order valence-electron chi connectivity index (χ1n) is 4.44. The fourth-order valence-electron chi connectivity index (χ4n) is 0.714. The van der Waals surface area contributed by atoms with Gasteiger partial charge in [0.05, 0.1) is 0 Å². The number of nitrogens with two attached hydrogens (primary N) is 1. The number of hydrogen-bond donors (Lipinski definition) is 2. The Labute approximate surface area is 81.7 Å². The second-order valence-corrected chi connectivity index (χ2v) is 4.73. The van der Waals surface area contributed by atoms with Crippen molar-refractivity contribution in [2.75, 3.05) is 24.6 Å². The van der Waals surface area contributed by atoms with Crippen LogP contribution in [-0.4, -0.2) is 34.7 Å². The van der Waals surface area contributed by atoms with Crippen molar-refractivity contribution in [2.45, 2.75) is 13.8 Å². The molecule has 0 radical (unpaired) electrons. The zero-order valence-corrected chi connectivity index (χ0v) is 9.02. The molecule has 5 heteroatoms. The van der Waals surface area contributed by atoms with E-state index in [9.17, 15) is 9.00 Å². The molecular formula is C8H18N2O2S. The molecule has 2 unspecified atom stereocenters. The second kappa shape index (κ2) is 7.03. The van der Waals surface area contributed by atoms with Crippen LogP contribution < -0.4 is 11.1 Å². The second-order valence-electron chi connectivity index (χ2n) is 2.86. The molecule has 0 aromatic carbocycles. The van der Waals surface area contributed by atoms with E-state index in [4.69, 9.17) is 5.73 Å². The Hall–Kier alpha value is -0.420. The van der Waals surface area contributed by atoms with E-state index in [0.717, 1.165) is 0 Å². The highest BCUT2D eigenvalue weighted by Gasteiger charge is 2.09. The standard InChI is InChI=1S/C8H18N2O2S/c1-3-13(12)5-4-10-8(11)7(2)6-9/h7H,3-6,9H2,1-2H3,(H,10,11). The molecule has 2 atom stereocenters. The van der Waals surface area contributed by atoms with Gasteiger partial charge in [-0.2, -0.15) is 0 Å². The van der Waals surface area contributed by atoms with Gasteiger partial charge in [0.25, 0.3) is 0 Å². The van der Waals surface area contributed by atoms with Gasteiger partial charge in [-0.1, -0.05) is 13.8 Å². The number of carbonyl (C=O) groups excluding carboxylic acids is 1. The van der Waals surface area contributed by atoms with Crippen molar-refractivity contribution in [3.8, 4) is 0 Å². The number of hydrogen-bond acceptors (Lipinski definition) is 3. The van der Waals surface area contributed by atoms with Crippen LogP contribution in [0.4, 0.5) is 0 Å². The molecule has 0 saturated carbocycles. The number of carbonyl (C=O) groups is 1. The number of nitrogens with one attached hydrogen (secondary N) is 1. The zero-order chi connectivity index (χ0) is 10.3. The summed E-state index contributed by atoms with van der Waals surface area (Å²) in [4.78, 5) is 11.2.